The first kappa shape index (κ1) is 20.4. The van der Waals surface area contributed by atoms with Crippen molar-refractivity contribution in [2.45, 2.75) is 13.0 Å². The minimum absolute atomic E-state index is 0.0186. The van der Waals surface area contributed by atoms with Gasteiger partial charge in [0.15, 0.2) is 11.5 Å². The van der Waals surface area contributed by atoms with Crippen LogP contribution in [0.15, 0.2) is 75.7 Å². The van der Waals surface area contributed by atoms with Crippen molar-refractivity contribution in [2.75, 3.05) is 4.90 Å². The molecule has 2 N–H and O–H groups in total. The number of Topliss-reactive ketones (excluding diaryl/α,β-unsaturated/α-hetero) is 1. The van der Waals surface area contributed by atoms with Crippen molar-refractivity contribution in [3.63, 3.8) is 0 Å². The monoisotopic (exact) mass is 465 g/mol. The highest BCUT2D eigenvalue weighted by Gasteiger charge is 2.47. The van der Waals surface area contributed by atoms with E-state index in [2.05, 4.69) is 0 Å². The molecule has 2 aromatic heterocycles. The summed E-state index contributed by atoms with van der Waals surface area (Å²) in [5.41, 5.74) is 1.41. The van der Waals surface area contributed by atoms with E-state index in [0.29, 0.717) is 20.9 Å². The highest BCUT2D eigenvalue weighted by molar-refractivity contribution is 7.10. The number of aromatic hydroxyl groups is 1. The summed E-state index contributed by atoms with van der Waals surface area (Å²) < 4.78 is 5.71. The molecule has 0 radical (unpaired) electrons. The Kier molecular flexibility index (Phi) is 4.80. The number of anilines is 1. The van der Waals surface area contributed by atoms with Gasteiger partial charge >= 0.3 is 0 Å². The first-order valence-corrected chi connectivity index (χ1v) is 10.9. The lowest BCUT2D eigenvalue weighted by atomic mass is 9.98. The summed E-state index contributed by atoms with van der Waals surface area (Å²) in [5, 5.41) is 24.2. The summed E-state index contributed by atoms with van der Waals surface area (Å²) in [7, 11) is 0. The largest absolute Gasteiger partial charge is 0.506 e. The zero-order valence-electron chi connectivity index (χ0n) is 16.7. The third kappa shape index (κ3) is 3.09. The third-order valence-corrected chi connectivity index (χ3v) is 6.75. The van der Waals surface area contributed by atoms with E-state index < -0.39 is 23.5 Å². The molecular weight excluding hydrogens is 450 g/mol. The van der Waals surface area contributed by atoms with Gasteiger partial charge in [0.2, 0.25) is 5.78 Å². The highest BCUT2D eigenvalue weighted by Crippen LogP contribution is 2.46. The van der Waals surface area contributed by atoms with Gasteiger partial charge in [-0.15, -0.1) is 11.3 Å². The van der Waals surface area contributed by atoms with E-state index in [1.807, 2.05) is 18.4 Å². The number of hydrogen-bond donors (Lipinski definition) is 2. The molecule has 4 aromatic rings. The molecule has 1 atom stereocenters. The Morgan fingerprint density at radius 3 is 2.62 bits per heavy atom. The maximum Gasteiger partial charge on any atom is 0.294 e. The van der Waals surface area contributed by atoms with Crippen molar-refractivity contribution >= 4 is 51.3 Å². The van der Waals surface area contributed by atoms with Gasteiger partial charge in [-0.1, -0.05) is 23.7 Å². The van der Waals surface area contributed by atoms with Crippen LogP contribution >= 0.6 is 22.9 Å². The van der Waals surface area contributed by atoms with Crippen LogP contribution in [0.4, 0.5) is 5.69 Å². The van der Waals surface area contributed by atoms with Gasteiger partial charge in [0, 0.05) is 15.3 Å². The number of rotatable bonds is 4. The fourth-order valence-electron chi connectivity index (χ4n) is 3.92. The van der Waals surface area contributed by atoms with Crippen molar-refractivity contribution < 1.29 is 24.2 Å². The summed E-state index contributed by atoms with van der Waals surface area (Å²) in [5.74, 6) is -2.21. The quantitative estimate of drug-likeness (QED) is 0.364. The topological polar surface area (TPSA) is 91.0 Å². The molecule has 0 aliphatic carbocycles. The molecule has 5 rings (SSSR count). The summed E-state index contributed by atoms with van der Waals surface area (Å²) >= 11 is 7.39. The Morgan fingerprint density at radius 1 is 1.12 bits per heavy atom. The number of aliphatic hydroxyl groups is 1. The highest BCUT2D eigenvalue weighted by atomic mass is 35.5. The van der Waals surface area contributed by atoms with E-state index in [0.717, 1.165) is 5.56 Å². The van der Waals surface area contributed by atoms with Crippen LogP contribution in [-0.2, 0) is 4.79 Å². The van der Waals surface area contributed by atoms with Gasteiger partial charge in [0.1, 0.15) is 17.4 Å². The zero-order valence-corrected chi connectivity index (χ0v) is 18.3. The van der Waals surface area contributed by atoms with Crippen molar-refractivity contribution in [3.05, 3.63) is 92.5 Å². The molecule has 0 spiro atoms. The van der Waals surface area contributed by atoms with Gasteiger partial charge in [-0.05, 0) is 60.3 Å². The third-order valence-electron chi connectivity index (χ3n) is 5.45. The molecular formula is C24H16ClNO5S. The molecule has 160 valence electrons. The van der Waals surface area contributed by atoms with Gasteiger partial charge in [-0.3, -0.25) is 14.5 Å². The number of hydrogen-bond acceptors (Lipinski definition) is 6. The predicted molar refractivity (Wildman–Crippen MR) is 123 cm³/mol. The maximum atomic E-state index is 13.6. The van der Waals surface area contributed by atoms with Crippen LogP contribution in [0.5, 0.6) is 5.75 Å². The Hall–Kier alpha value is -3.55. The number of ketones is 1. The number of para-hydroxylation sites is 2. The van der Waals surface area contributed by atoms with Crippen LogP contribution in [0.2, 0.25) is 5.02 Å². The van der Waals surface area contributed by atoms with E-state index in [9.17, 15) is 19.8 Å². The Bertz CT molecular complexity index is 1430. The Balaban J connectivity index is 1.68. The first-order valence-electron chi connectivity index (χ1n) is 9.69. The van der Waals surface area contributed by atoms with Crippen LogP contribution in [0.25, 0.3) is 11.0 Å². The lowest BCUT2D eigenvalue weighted by Crippen LogP contribution is -2.31. The minimum atomic E-state index is -0.917. The fourth-order valence-corrected chi connectivity index (χ4v) is 5.13. The normalized spacial score (nSPS) is 16.4. The minimum Gasteiger partial charge on any atom is -0.506 e. The second kappa shape index (κ2) is 7.55. The van der Waals surface area contributed by atoms with Gasteiger partial charge < -0.3 is 14.6 Å². The number of thiophene rings is 1. The molecule has 0 saturated carbocycles. The summed E-state index contributed by atoms with van der Waals surface area (Å²) in [4.78, 5) is 28.7. The van der Waals surface area contributed by atoms with E-state index in [-0.39, 0.29) is 22.8 Å². The van der Waals surface area contributed by atoms with Gasteiger partial charge in [0.05, 0.1) is 11.3 Å². The van der Waals surface area contributed by atoms with Gasteiger partial charge in [-0.2, -0.15) is 0 Å². The number of amides is 1. The van der Waals surface area contributed by atoms with Crippen molar-refractivity contribution in [3.8, 4) is 5.75 Å². The molecule has 1 aliphatic heterocycles. The molecule has 6 nitrogen and oxygen atoms in total. The van der Waals surface area contributed by atoms with Crippen molar-refractivity contribution in [1.82, 2.24) is 0 Å². The molecule has 1 amide bonds. The molecule has 1 aliphatic rings. The predicted octanol–water partition coefficient (Wildman–Crippen LogP) is 5.94. The molecule has 2 aromatic carbocycles. The van der Waals surface area contributed by atoms with Gasteiger partial charge in [0.25, 0.3) is 5.91 Å². The number of fused-ring (bicyclic) bond motifs is 1. The second-order valence-electron chi connectivity index (χ2n) is 7.42. The summed E-state index contributed by atoms with van der Waals surface area (Å²) in [6.45, 7) is 1.86. The SMILES string of the molecule is Cc1ccsc1C1C(C(=O)c2cc3cc(Cl)ccc3o2)=C(O)C(=O)N1c1ccccc1O. The lowest BCUT2D eigenvalue weighted by Gasteiger charge is -2.26. The van der Waals surface area contributed by atoms with E-state index >= 15 is 0 Å². The summed E-state index contributed by atoms with van der Waals surface area (Å²) in [6, 6.07) is 13.8. The first-order chi connectivity index (χ1) is 15.4. The number of aliphatic hydroxyl groups excluding tert-OH is 1. The number of carbonyl (C=O) groups excluding carboxylic acids is 2. The maximum absolute atomic E-state index is 13.6. The van der Waals surface area contributed by atoms with Crippen molar-refractivity contribution in [2.24, 2.45) is 0 Å². The summed E-state index contributed by atoms with van der Waals surface area (Å²) in [6.07, 6.45) is 0. The molecule has 3 heterocycles. The standard InChI is InChI=1S/C24H16ClNO5S/c1-12-8-9-32-23(12)20-19(21(28)18-11-13-10-14(25)6-7-17(13)31-18)22(29)24(30)26(20)15-4-2-3-5-16(15)27/h2-11,20,27,29H,1H3. The molecule has 32 heavy (non-hydrogen) atoms. The van der Waals surface area contributed by atoms with Crippen LogP contribution in [-0.4, -0.2) is 21.9 Å². The number of benzene rings is 2. The van der Waals surface area contributed by atoms with Crippen LogP contribution in [0.1, 0.15) is 27.0 Å². The van der Waals surface area contributed by atoms with Gasteiger partial charge in [-0.25, -0.2) is 0 Å². The molecule has 1 unspecified atom stereocenters. The average Bonchev–Trinajstić information content (AvgIpc) is 3.44. The van der Waals surface area contributed by atoms with Crippen LogP contribution in [0, 0.1) is 6.92 Å². The molecule has 0 fully saturated rings. The molecule has 0 bridgehead atoms. The number of furan rings is 1. The zero-order chi connectivity index (χ0) is 22.6. The van der Waals surface area contributed by atoms with E-state index in [1.165, 1.54) is 28.4 Å². The van der Waals surface area contributed by atoms with Crippen molar-refractivity contribution in [1.29, 1.82) is 0 Å². The second-order valence-corrected chi connectivity index (χ2v) is 8.80. The Labute approximate surface area is 191 Å². The van der Waals surface area contributed by atoms with Crippen LogP contribution in [0.3, 0.4) is 0 Å². The smallest absolute Gasteiger partial charge is 0.294 e. The fraction of sp³-hybridized carbons (Fsp3) is 0.0833. The number of nitrogens with zero attached hydrogens (tertiary/aromatic N) is 1. The number of carbonyl (C=O) groups is 2. The van der Waals surface area contributed by atoms with E-state index in [1.54, 1.807) is 36.4 Å². The average molecular weight is 466 g/mol. The number of phenols is 1. The molecule has 8 heteroatoms. The Morgan fingerprint density at radius 2 is 1.91 bits per heavy atom. The molecule has 0 saturated heterocycles. The van der Waals surface area contributed by atoms with Crippen LogP contribution < -0.4 is 4.90 Å². The lowest BCUT2D eigenvalue weighted by molar-refractivity contribution is -0.117. The number of halogens is 1. The van der Waals surface area contributed by atoms with E-state index in [4.69, 9.17) is 16.0 Å². The number of aryl methyl sites for hydroxylation is 1. The number of phenolic OH excluding ortho intramolecular Hbond substituents is 1.